The molecule has 1 N–H and O–H groups in total. The van der Waals surface area contributed by atoms with E-state index in [0.717, 1.165) is 24.6 Å². The smallest absolute Gasteiger partial charge is 0.317 e. The molecule has 0 aromatic carbocycles. The van der Waals surface area contributed by atoms with Gasteiger partial charge in [0.05, 0.1) is 6.04 Å². The standard InChI is InChI=1S/C13H21N3OS2/c1-15(2)11(12-4-3-7-19-12)10-14-13(17)16-5-8-18-9-6-16/h3-4,7,11H,5-6,8-10H2,1-2H3,(H,14,17). The summed E-state index contributed by atoms with van der Waals surface area (Å²) in [6.07, 6.45) is 0. The lowest BCUT2D eigenvalue weighted by Crippen LogP contribution is -2.46. The summed E-state index contributed by atoms with van der Waals surface area (Å²) in [5.74, 6) is 2.10. The molecule has 1 fully saturated rings. The molecule has 2 heterocycles. The molecule has 19 heavy (non-hydrogen) atoms. The van der Waals surface area contributed by atoms with Crippen molar-refractivity contribution >= 4 is 29.1 Å². The van der Waals surface area contributed by atoms with E-state index in [4.69, 9.17) is 0 Å². The second-order valence-corrected chi connectivity index (χ2v) is 6.98. The zero-order valence-electron chi connectivity index (χ0n) is 11.5. The molecular formula is C13H21N3OS2. The van der Waals surface area contributed by atoms with Crippen molar-refractivity contribution in [3.63, 3.8) is 0 Å². The predicted molar refractivity (Wildman–Crippen MR) is 83.0 cm³/mol. The Morgan fingerprint density at radius 2 is 2.21 bits per heavy atom. The third-order valence-electron chi connectivity index (χ3n) is 3.24. The van der Waals surface area contributed by atoms with Gasteiger partial charge in [-0.1, -0.05) is 6.07 Å². The lowest BCUT2D eigenvalue weighted by molar-refractivity contribution is 0.197. The SMILES string of the molecule is CN(C)C(CNC(=O)N1CCSCC1)c1cccs1. The molecule has 2 rings (SSSR count). The van der Waals surface area contributed by atoms with Gasteiger partial charge >= 0.3 is 6.03 Å². The Morgan fingerprint density at radius 1 is 1.47 bits per heavy atom. The average molecular weight is 299 g/mol. The molecule has 0 aliphatic carbocycles. The molecule has 4 nitrogen and oxygen atoms in total. The van der Waals surface area contributed by atoms with Crippen LogP contribution in [0.1, 0.15) is 10.9 Å². The third-order valence-corrected chi connectivity index (χ3v) is 5.16. The zero-order valence-corrected chi connectivity index (χ0v) is 13.1. The molecular weight excluding hydrogens is 278 g/mol. The number of carbonyl (C=O) groups excluding carboxylic acids is 1. The summed E-state index contributed by atoms with van der Waals surface area (Å²) in [6.45, 7) is 2.39. The van der Waals surface area contributed by atoms with Crippen molar-refractivity contribution in [2.75, 3.05) is 45.2 Å². The Morgan fingerprint density at radius 3 is 2.79 bits per heavy atom. The van der Waals surface area contributed by atoms with Crippen molar-refractivity contribution in [3.05, 3.63) is 22.4 Å². The van der Waals surface area contributed by atoms with Crippen LogP contribution in [0.3, 0.4) is 0 Å². The first kappa shape index (κ1) is 14.7. The maximum atomic E-state index is 12.1. The van der Waals surface area contributed by atoms with E-state index >= 15 is 0 Å². The van der Waals surface area contributed by atoms with Crippen molar-refractivity contribution in [1.82, 2.24) is 15.1 Å². The van der Waals surface area contributed by atoms with E-state index in [1.54, 1.807) is 11.3 Å². The van der Waals surface area contributed by atoms with Gasteiger partial charge in [-0.05, 0) is 25.5 Å². The largest absolute Gasteiger partial charge is 0.336 e. The molecule has 6 heteroatoms. The van der Waals surface area contributed by atoms with Crippen LogP contribution in [0.2, 0.25) is 0 Å². The second kappa shape index (κ2) is 7.17. The summed E-state index contributed by atoms with van der Waals surface area (Å²) >= 11 is 3.65. The van der Waals surface area contributed by atoms with Gasteiger partial charge in [0.15, 0.2) is 0 Å². The Kier molecular flexibility index (Phi) is 5.54. The fourth-order valence-electron chi connectivity index (χ4n) is 2.08. The Balaban J connectivity index is 1.86. The lowest BCUT2D eigenvalue weighted by Gasteiger charge is -2.29. The van der Waals surface area contributed by atoms with E-state index in [9.17, 15) is 4.79 Å². The number of thiophene rings is 1. The second-order valence-electron chi connectivity index (χ2n) is 4.78. The van der Waals surface area contributed by atoms with Gasteiger partial charge in [0.25, 0.3) is 0 Å². The van der Waals surface area contributed by atoms with Crippen molar-refractivity contribution < 1.29 is 4.79 Å². The maximum absolute atomic E-state index is 12.1. The van der Waals surface area contributed by atoms with Crippen molar-refractivity contribution in [2.45, 2.75) is 6.04 Å². The van der Waals surface area contributed by atoms with Gasteiger partial charge in [0.2, 0.25) is 0 Å². The third kappa shape index (κ3) is 4.12. The molecule has 1 aromatic rings. The Hall–Kier alpha value is -0.720. The van der Waals surface area contributed by atoms with Gasteiger partial charge in [-0.3, -0.25) is 0 Å². The fraction of sp³-hybridized carbons (Fsp3) is 0.615. The quantitative estimate of drug-likeness (QED) is 0.925. The van der Waals surface area contributed by atoms with Crippen LogP contribution in [0.4, 0.5) is 4.79 Å². The van der Waals surface area contributed by atoms with E-state index < -0.39 is 0 Å². The molecule has 1 aromatic heterocycles. The molecule has 1 aliphatic heterocycles. The summed E-state index contributed by atoms with van der Waals surface area (Å²) in [5.41, 5.74) is 0. The highest BCUT2D eigenvalue weighted by Crippen LogP contribution is 2.22. The van der Waals surface area contributed by atoms with E-state index in [2.05, 4.69) is 27.7 Å². The molecule has 0 radical (unpaired) electrons. The van der Waals surface area contributed by atoms with Gasteiger partial charge in [0, 0.05) is 36.0 Å². The highest BCUT2D eigenvalue weighted by molar-refractivity contribution is 7.99. The predicted octanol–water partition coefficient (Wildman–Crippen LogP) is 2.11. The molecule has 0 saturated carbocycles. The number of hydrogen-bond donors (Lipinski definition) is 1. The highest BCUT2D eigenvalue weighted by atomic mass is 32.2. The van der Waals surface area contributed by atoms with Crippen molar-refractivity contribution in [1.29, 1.82) is 0 Å². The van der Waals surface area contributed by atoms with Crippen LogP contribution in [-0.4, -0.2) is 61.1 Å². The number of rotatable bonds is 4. The molecule has 0 bridgehead atoms. The average Bonchev–Trinajstić information content (AvgIpc) is 2.93. The number of urea groups is 1. The van der Waals surface area contributed by atoms with E-state index in [-0.39, 0.29) is 12.1 Å². The number of thioether (sulfide) groups is 1. The maximum Gasteiger partial charge on any atom is 0.317 e. The number of nitrogens with zero attached hydrogens (tertiary/aromatic N) is 2. The van der Waals surface area contributed by atoms with E-state index in [1.807, 2.05) is 30.8 Å². The Bertz CT molecular complexity index is 389. The van der Waals surface area contributed by atoms with Gasteiger partial charge in [0.1, 0.15) is 0 Å². The first-order valence-corrected chi connectivity index (χ1v) is 8.52. The Labute approximate surface area is 123 Å². The van der Waals surface area contributed by atoms with Gasteiger partial charge in [-0.25, -0.2) is 4.79 Å². The minimum Gasteiger partial charge on any atom is -0.336 e. The number of carbonyl (C=O) groups is 1. The van der Waals surface area contributed by atoms with Crippen LogP contribution < -0.4 is 5.32 Å². The molecule has 1 atom stereocenters. The summed E-state index contributed by atoms with van der Waals surface area (Å²) in [7, 11) is 4.10. The minimum atomic E-state index is 0.0729. The minimum absolute atomic E-state index is 0.0729. The number of hydrogen-bond acceptors (Lipinski definition) is 4. The fourth-order valence-corrected chi connectivity index (χ4v) is 3.91. The van der Waals surface area contributed by atoms with E-state index in [1.165, 1.54) is 4.88 Å². The monoisotopic (exact) mass is 299 g/mol. The molecule has 1 aliphatic rings. The van der Waals surface area contributed by atoms with Crippen LogP contribution in [0.5, 0.6) is 0 Å². The first-order valence-electron chi connectivity index (χ1n) is 6.49. The first-order chi connectivity index (χ1) is 9.18. The molecule has 0 spiro atoms. The lowest BCUT2D eigenvalue weighted by atomic mass is 10.2. The van der Waals surface area contributed by atoms with Crippen LogP contribution in [-0.2, 0) is 0 Å². The van der Waals surface area contributed by atoms with Crippen LogP contribution in [0, 0.1) is 0 Å². The van der Waals surface area contributed by atoms with Crippen molar-refractivity contribution in [2.24, 2.45) is 0 Å². The summed E-state index contributed by atoms with van der Waals surface area (Å²) < 4.78 is 0. The van der Waals surface area contributed by atoms with Crippen LogP contribution in [0.25, 0.3) is 0 Å². The molecule has 106 valence electrons. The summed E-state index contributed by atoms with van der Waals surface area (Å²) in [4.78, 5) is 17.4. The van der Waals surface area contributed by atoms with Crippen LogP contribution >= 0.6 is 23.1 Å². The molecule has 2 amide bonds. The topological polar surface area (TPSA) is 35.6 Å². The molecule has 1 unspecified atom stereocenters. The summed E-state index contributed by atoms with van der Waals surface area (Å²) in [6, 6.07) is 4.51. The van der Waals surface area contributed by atoms with Gasteiger partial charge < -0.3 is 15.1 Å². The number of amides is 2. The normalized spacial score (nSPS) is 17.5. The molecule has 1 saturated heterocycles. The zero-order chi connectivity index (χ0) is 13.7. The van der Waals surface area contributed by atoms with Crippen molar-refractivity contribution in [3.8, 4) is 0 Å². The summed E-state index contributed by atoms with van der Waals surface area (Å²) in [5, 5.41) is 5.14. The van der Waals surface area contributed by atoms with E-state index in [0.29, 0.717) is 6.54 Å². The number of likely N-dealkylation sites (N-methyl/N-ethyl adjacent to an activating group) is 1. The number of nitrogens with one attached hydrogen (secondary N) is 1. The van der Waals surface area contributed by atoms with Gasteiger partial charge in [-0.15, -0.1) is 11.3 Å². The van der Waals surface area contributed by atoms with Crippen LogP contribution in [0.15, 0.2) is 17.5 Å². The highest BCUT2D eigenvalue weighted by Gasteiger charge is 2.20. The van der Waals surface area contributed by atoms with Gasteiger partial charge in [-0.2, -0.15) is 11.8 Å².